The zero-order chi connectivity index (χ0) is 12.4. The van der Waals surface area contributed by atoms with Crippen LogP contribution in [0.25, 0.3) is 10.8 Å². The van der Waals surface area contributed by atoms with Gasteiger partial charge in [0.1, 0.15) is 5.75 Å². The van der Waals surface area contributed by atoms with Crippen LogP contribution in [0.3, 0.4) is 0 Å². The van der Waals surface area contributed by atoms with Gasteiger partial charge in [-0.25, -0.2) is 0 Å². The van der Waals surface area contributed by atoms with E-state index >= 15 is 0 Å². The third-order valence-electron chi connectivity index (χ3n) is 2.59. The lowest BCUT2D eigenvalue weighted by Crippen LogP contribution is -2.13. The Labute approximate surface area is 98.2 Å². The van der Waals surface area contributed by atoms with Crippen LogP contribution in [0.2, 0.25) is 0 Å². The van der Waals surface area contributed by atoms with Crippen molar-refractivity contribution in [2.45, 2.75) is 0 Å². The number of ether oxygens (including phenoxy) is 1. The van der Waals surface area contributed by atoms with Crippen molar-refractivity contribution in [3.63, 3.8) is 0 Å². The van der Waals surface area contributed by atoms with E-state index in [1.165, 1.54) is 13.2 Å². The molecule has 1 amide bonds. The highest BCUT2D eigenvalue weighted by atomic mass is 16.5. The maximum Gasteiger partial charge on any atom is 0.252 e. The Hall–Kier alpha value is -2.54. The van der Waals surface area contributed by atoms with Crippen molar-refractivity contribution >= 4 is 16.7 Å². The summed E-state index contributed by atoms with van der Waals surface area (Å²) in [5, 5.41) is 10.5. The van der Waals surface area contributed by atoms with Gasteiger partial charge in [-0.15, -0.1) is 0 Å². The van der Waals surface area contributed by atoms with Gasteiger partial charge in [0.05, 0.1) is 24.3 Å². The van der Waals surface area contributed by atoms with E-state index in [2.05, 4.69) is 6.07 Å². The molecule has 4 heteroatoms. The Kier molecular flexibility index (Phi) is 2.67. The van der Waals surface area contributed by atoms with Crippen molar-refractivity contribution in [2.24, 2.45) is 5.73 Å². The minimum absolute atomic E-state index is 0.225. The molecule has 0 spiro atoms. The van der Waals surface area contributed by atoms with E-state index in [-0.39, 0.29) is 5.56 Å². The van der Waals surface area contributed by atoms with E-state index in [9.17, 15) is 4.79 Å². The van der Waals surface area contributed by atoms with Crippen LogP contribution in [-0.2, 0) is 0 Å². The molecule has 2 aromatic rings. The summed E-state index contributed by atoms with van der Waals surface area (Å²) in [6.45, 7) is 0. The van der Waals surface area contributed by atoms with E-state index in [4.69, 9.17) is 15.7 Å². The molecule has 0 aliphatic rings. The summed E-state index contributed by atoms with van der Waals surface area (Å²) in [6.07, 6.45) is 0. The van der Waals surface area contributed by atoms with E-state index < -0.39 is 5.91 Å². The van der Waals surface area contributed by atoms with Gasteiger partial charge in [-0.2, -0.15) is 5.26 Å². The number of carbonyl (C=O) groups is 1. The van der Waals surface area contributed by atoms with Gasteiger partial charge in [-0.05, 0) is 6.07 Å². The van der Waals surface area contributed by atoms with Crippen LogP contribution in [0.15, 0.2) is 30.3 Å². The predicted molar refractivity (Wildman–Crippen MR) is 63.7 cm³/mol. The third kappa shape index (κ3) is 1.68. The molecule has 0 unspecified atom stereocenters. The van der Waals surface area contributed by atoms with Gasteiger partial charge in [0.25, 0.3) is 5.91 Å². The van der Waals surface area contributed by atoms with Gasteiger partial charge < -0.3 is 10.5 Å². The number of amides is 1. The van der Waals surface area contributed by atoms with Crippen LogP contribution < -0.4 is 10.5 Å². The van der Waals surface area contributed by atoms with E-state index in [0.29, 0.717) is 16.7 Å². The van der Waals surface area contributed by atoms with Crippen LogP contribution in [0.5, 0.6) is 5.75 Å². The molecule has 2 N–H and O–H groups in total. The molecular weight excluding hydrogens is 216 g/mol. The fraction of sp³-hybridized carbons (Fsp3) is 0.0769. The first-order chi connectivity index (χ1) is 8.19. The Balaban J connectivity index is 2.95. The molecule has 84 valence electrons. The van der Waals surface area contributed by atoms with E-state index in [0.717, 1.165) is 5.39 Å². The number of carbonyl (C=O) groups excluding carboxylic acids is 1. The fourth-order valence-electron chi connectivity index (χ4n) is 1.84. The maximum absolute atomic E-state index is 11.3. The highest BCUT2D eigenvalue weighted by Crippen LogP contribution is 2.31. The number of hydrogen-bond acceptors (Lipinski definition) is 3. The molecule has 2 aromatic carbocycles. The lowest BCUT2D eigenvalue weighted by molar-refractivity contribution is 0.0997. The second kappa shape index (κ2) is 4.14. The SMILES string of the molecule is COc1c(C(N)=O)cc(C#N)c2ccccc12. The number of fused-ring (bicyclic) bond motifs is 1. The molecule has 0 saturated carbocycles. The number of benzene rings is 2. The maximum atomic E-state index is 11.3. The fourth-order valence-corrected chi connectivity index (χ4v) is 1.84. The van der Waals surface area contributed by atoms with Gasteiger partial charge in [0.2, 0.25) is 0 Å². The van der Waals surface area contributed by atoms with Gasteiger partial charge in [-0.1, -0.05) is 24.3 Å². The quantitative estimate of drug-likeness (QED) is 0.848. The number of hydrogen-bond donors (Lipinski definition) is 1. The molecule has 0 heterocycles. The summed E-state index contributed by atoms with van der Waals surface area (Å²) in [5.74, 6) is -0.198. The molecule has 4 nitrogen and oxygen atoms in total. The largest absolute Gasteiger partial charge is 0.495 e. The van der Waals surface area contributed by atoms with Gasteiger partial charge in [-0.3, -0.25) is 4.79 Å². The summed E-state index contributed by atoms with van der Waals surface area (Å²) in [6, 6.07) is 10.8. The zero-order valence-electron chi connectivity index (χ0n) is 9.23. The number of rotatable bonds is 2. The lowest BCUT2D eigenvalue weighted by Gasteiger charge is -2.10. The topological polar surface area (TPSA) is 76.1 Å². The van der Waals surface area contributed by atoms with Crippen molar-refractivity contribution in [2.75, 3.05) is 7.11 Å². The van der Waals surface area contributed by atoms with Crippen molar-refractivity contribution in [3.05, 3.63) is 41.5 Å². The molecule has 0 saturated heterocycles. The number of nitrogens with two attached hydrogens (primary N) is 1. The minimum Gasteiger partial charge on any atom is -0.495 e. The van der Waals surface area contributed by atoms with Crippen molar-refractivity contribution in [1.29, 1.82) is 5.26 Å². The molecule has 0 aliphatic heterocycles. The molecule has 2 rings (SSSR count). The van der Waals surface area contributed by atoms with Crippen LogP contribution in [-0.4, -0.2) is 13.0 Å². The summed E-state index contributed by atoms with van der Waals surface area (Å²) in [4.78, 5) is 11.3. The van der Waals surface area contributed by atoms with Crippen LogP contribution in [0.4, 0.5) is 0 Å². The van der Waals surface area contributed by atoms with Gasteiger partial charge >= 0.3 is 0 Å². The predicted octanol–water partition coefficient (Wildman–Crippen LogP) is 1.82. The Morgan fingerprint density at radius 1 is 1.35 bits per heavy atom. The first-order valence-electron chi connectivity index (χ1n) is 4.98. The van der Waals surface area contributed by atoms with Crippen LogP contribution in [0.1, 0.15) is 15.9 Å². The Morgan fingerprint density at radius 2 is 2.00 bits per heavy atom. The van der Waals surface area contributed by atoms with Gasteiger partial charge in [0.15, 0.2) is 0 Å². The first kappa shape index (κ1) is 11.0. The Morgan fingerprint density at radius 3 is 2.53 bits per heavy atom. The average Bonchev–Trinajstić information content (AvgIpc) is 2.36. The van der Waals surface area contributed by atoms with Crippen LogP contribution >= 0.6 is 0 Å². The monoisotopic (exact) mass is 226 g/mol. The van der Waals surface area contributed by atoms with Crippen molar-refractivity contribution in [1.82, 2.24) is 0 Å². The number of methoxy groups -OCH3 is 1. The highest BCUT2D eigenvalue weighted by Gasteiger charge is 2.15. The minimum atomic E-state index is -0.607. The highest BCUT2D eigenvalue weighted by molar-refractivity contribution is 6.05. The number of primary amides is 1. The number of nitrogens with zero attached hydrogens (tertiary/aromatic N) is 1. The lowest BCUT2D eigenvalue weighted by atomic mass is 10.00. The molecule has 0 fully saturated rings. The van der Waals surface area contributed by atoms with E-state index in [1.807, 2.05) is 12.1 Å². The molecule has 0 aromatic heterocycles. The average molecular weight is 226 g/mol. The molecule has 0 aliphatic carbocycles. The van der Waals surface area contributed by atoms with Gasteiger partial charge in [0, 0.05) is 10.8 Å². The number of nitriles is 1. The standard InChI is InChI=1S/C13H10N2O2/c1-17-12-10-5-3-2-4-9(10)8(7-14)6-11(12)13(15)16/h2-6H,1H3,(H2,15,16). The first-order valence-corrected chi connectivity index (χ1v) is 4.98. The Bertz CT molecular complexity index is 642. The van der Waals surface area contributed by atoms with Crippen molar-refractivity contribution < 1.29 is 9.53 Å². The zero-order valence-corrected chi connectivity index (χ0v) is 9.23. The van der Waals surface area contributed by atoms with E-state index in [1.54, 1.807) is 12.1 Å². The molecule has 17 heavy (non-hydrogen) atoms. The molecular formula is C13H10N2O2. The summed E-state index contributed by atoms with van der Waals surface area (Å²) in [5.41, 5.74) is 5.91. The third-order valence-corrected chi connectivity index (χ3v) is 2.59. The normalized spacial score (nSPS) is 9.88. The second-order valence-corrected chi connectivity index (χ2v) is 3.53. The summed E-state index contributed by atoms with van der Waals surface area (Å²) < 4.78 is 5.21. The smallest absolute Gasteiger partial charge is 0.252 e. The molecule has 0 atom stereocenters. The summed E-state index contributed by atoms with van der Waals surface area (Å²) >= 11 is 0. The van der Waals surface area contributed by atoms with Crippen LogP contribution in [0, 0.1) is 11.3 Å². The second-order valence-electron chi connectivity index (χ2n) is 3.53. The van der Waals surface area contributed by atoms with Crippen molar-refractivity contribution in [3.8, 4) is 11.8 Å². The summed E-state index contributed by atoms with van der Waals surface area (Å²) in [7, 11) is 1.47. The molecule has 0 radical (unpaired) electrons. The molecule has 0 bridgehead atoms.